The maximum absolute atomic E-state index is 9.39. The number of aromatic amines is 1. The summed E-state index contributed by atoms with van der Waals surface area (Å²) in [6.07, 6.45) is 3.66. The van der Waals surface area contributed by atoms with E-state index < -0.39 is 0 Å². The SMILES string of the molecule is CCn1cc(C2C(C#N)=C(N)Oc3n[nH]c(C)c32)cn1. The van der Waals surface area contributed by atoms with E-state index in [0.29, 0.717) is 11.5 Å². The predicted octanol–water partition coefficient (Wildman–Crippen LogP) is 1.15. The van der Waals surface area contributed by atoms with Gasteiger partial charge in [-0.3, -0.25) is 9.78 Å². The number of nitrogens with one attached hydrogen (secondary N) is 1. The van der Waals surface area contributed by atoms with Crippen molar-refractivity contribution in [2.24, 2.45) is 5.73 Å². The molecule has 7 heteroatoms. The zero-order valence-electron chi connectivity index (χ0n) is 11.2. The molecule has 0 saturated carbocycles. The van der Waals surface area contributed by atoms with Crippen LogP contribution in [0.5, 0.6) is 5.88 Å². The van der Waals surface area contributed by atoms with Gasteiger partial charge in [-0.1, -0.05) is 0 Å². The first-order chi connectivity index (χ1) is 9.65. The Bertz CT molecular complexity index is 732. The number of hydrogen-bond acceptors (Lipinski definition) is 5. The average molecular weight is 270 g/mol. The van der Waals surface area contributed by atoms with Gasteiger partial charge in [-0.05, 0) is 13.8 Å². The van der Waals surface area contributed by atoms with Gasteiger partial charge in [-0.25, -0.2) is 0 Å². The van der Waals surface area contributed by atoms with E-state index in [4.69, 9.17) is 10.5 Å². The summed E-state index contributed by atoms with van der Waals surface area (Å²) in [4.78, 5) is 0. The van der Waals surface area contributed by atoms with Crippen LogP contribution in [0.1, 0.15) is 29.7 Å². The topological polar surface area (TPSA) is 106 Å². The first-order valence-corrected chi connectivity index (χ1v) is 6.30. The molecule has 3 heterocycles. The van der Waals surface area contributed by atoms with Gasteiger partial charge in [0.15, 0.2) is 0 Å². The molecule has 0 aliphatic carbocycles. The molecule has 1 unspecified atom stereocenters. The number of allylic oxidation sites excluding steroid dienone is 1. The lowest BCUT2D eigenvalue weighted by atomic mass is 9.86. The molecule has 0 saturated heterocycles. The van der Waals surface area contributed by atoms with E-state index >= 15 is 0 Å². The minimum atomic E-state index is -0.289. The Morgan fingerprint density at radius 3 is 3.05 bits per heavy atom. The fraction of sp³-hybridized carbons (Fsp3) is 0.308. The molecule has 0 bridgehead atoms. The second kappa shape index (κ2) is 4.42. The Labute approximate surface area is 115 Å². The third-order valence-electron chi connectivity index (χ3n) is 3.44. The summed E-state index contributed by atoms with van der Waals surface area (Å²) in [5.74, 6) is 0.233. The summed E-state index contributed by atoms with van der Waals surface area (Å²) < 4.78 is 7.22. The number of H-pyrrole nitrogens is 1. The molecule has 0 radical (unpaired) electrons. The van der Waals surface area contributed by atoms with Crippen molar-refractivity contribution in [1.82, 2.24) is 20.0 Å². The highest BCUT2D eigenvalue weighted by molar-refractivity contribution is 5.54. The zero-order chi connectivity index (χ0) is 14.3. The van der Waals surface area contributed by atoms with Crippen molar-refractivity contribution < 1.29 is 4.74 Å². The minimum Gasteiger partial charge on any atom is -0.420 e. The second-order valence-corrected chi connectivity index (χ2v) is 4.62. The summed E-state index contributed by atoms with van der Waals surface area (Å²) in [6, 6.07) is 2.14. The number of ether oxygens (including phenoxy) is 1. The first kappa shape index (κ1) is 12.3. The fourth-order valence-corrected chi connectivity index (χ4v) is 2.43. The molecule has 0 fully saturated rings. The molecule has 20 heavy (non-hydrogen) atoms. The summed E-state index contributed by atoms with van der Waals surface area (Å²) in [6.45, 7) is 4.66. The van der Waals surface area contributed by atoms with Crippen molar-refractivity contribution in [2.75, 3.05) is 0 Å². The van der Waals surface area contributed by atoms with Crippen molar-refractivity contribution in [3.05, 3.63) is 40.7 Å². The van der Waals surface area contributed by atoms with Crippen LogP contribution in [0.25, 0.3) is 0 Å². The number of nitrogens with two attached hydrogens (primary N) is 1. The van der Waals surface area contributed by atoms with E-state index in [-0.39, 0.29) is 11.8 Å². The maximum atomic E-state index is 9.39. The highest BCUT2D eigenvalue weighted by Crippen LogP contribution is 2.42. The van der Waals surface area contributed by atoms with Crippen LogP contribution < -0.4 is 10.5 Å². The molecule has 1 aliphatic heterocycles. The Morgan fingerprint density at radius 1 is 1.60 bits per heavy atom. The largest absolute Gasteiger partial charge is 0.420 e. The summed E-state index contributed by atoms with van der Waals surface area (Å²) in [5.41, 5.74) is 8.82. The second-order valence-electron chi connectivity index (χ2n) is 4.62. The molecule has 7 nitrogen and oxygen atoms in total. The number of nitriles is 1. The number of aromatic nitrogens is 4. The van der Waals surface area contributed by atoms with Gasteiger partial charge in [0.1, 0.15) is 11.6 Å². The number of aryl methyl sites for hydroxylation is 2. The van der Waals surface area contributed by atoms with Gasteiger partial charge in [0.25, 0.3) is 0 Å². The van der Waals surface area contributed by atoms with Crippen LogP contribution in [0.2, 0.25) is 0 Å². The molecule has 2 aromatic heterocycles. The quantitative estimate of drug-likeness (QED) is 0.851. The standard InChI is InChI=1S/C13H14N6O/c1-3-19-6-8(5-16-19)11-9(4-14)12(15)20-13-10(11)7(2)17-18-13/h5-6,11H,3,15H2,1-2H3,(H,17,18). The van der Waals surface area contributed by atoms with Crippen LogP contribution in [0.15, 0.2) is 23.8 Å². The third-order valence-corrected chi connectivity index (χ3v) is 3.44. The van der Waals surface area contributed by atoms with Crippen molar-refractivity contribution >= 4 is 0 Å². The number of fused-ring (bicyclic) bond motifs is 1. The Balaban J connectivity index is 2.19. The van der Waals surface area contributed by atoms with Gasteiger partial charge in [-0.2, -0.15) is 10.4 Å². The van der Waals surface area contributed by atoms with Crippen LogP contribution >= 0.6 is 0 Å². The summed E-state index contributed by atoms with van der Waals surface area (Å²) in [5, 5.41) is 20.6. The smallest absolute Gasteiger partial charge is 0.244 e. The van der Waals surface area contributed by atoms with Gasteiger partial charge < -0.3 is 10.5 Å². The molecule has 102 valence electrons. The van der Waals surface area contributed by atoms with Gasteiger partial charge in [0.05, 0.1) is 12.1 Å². The molecule has 3 rings (SSSR count). The van der Waals surface area contributed by atoms with Gasteiger partial charge in [0.2, 0.25) is 11.8 Å². The highest BCUT2D eigenvalue weighted by atomic mass is 16.5. The molecule has 0 spiro atoms. The van der Waals surface area contributed by atoms with Crippen molar-refractivity contribution in [1.29, 1.82) is 5.26 Å². The monoisotopic (exact) mass is 270 g/mol. The zero-order valence-corrected chi connectivity index (χ0v) is 11.2. The Morgan fingerprint density at radius 2 is 2.40 bits per heavy atom. The lowest BCUT2D eigenvalue weighted by Gasteiger charge is -2.22. The van der Waals surface area contributed by atoms with Crippen LogP contribution in [0.4, 0.5) is 0 Å². The maximum Gasteiger partial charge on any atom is 0.244 e. The van der Waals surface area contributed by atoms with E-state index in [1.807, 2.05) is 24.7 Å². The third kappa shape index (κ3) is 1.66. The van der Waals surface area contributed by atoms with E-state index in [1.165, 1.54) is 0 Å². The molecular formula is C13H14N6O. The highest BCUT2D eigenvalue weighted by Gasteiger charge is 2.34. The van der Waals surface area contributed by atoms with E-state index in [1.54, 1.807) is 6.20 Å². The molecule has 2 aromatic rings. The molecule has 1 aliphatic rings. The van der Waals surface area contributed by atoms with E-state index in [9.17, 15) is 5.26 Å². The predicted molar refractivity (Wildman–Crippen MR) is 70.5 cm³/mol. The van der Waals surface area contributed by atoms with Crippen LogP contribution in [0, 0.1) is 18.3 Å². The van der Waals surface area contributed by atoms with Crippen LogP contribution in [-0.2, 0) is 6.54 Å². The summed E-state index contributed by atoms with van der Waals surface area (Å²) in [7, 11) is 0. The molecule has 0 aromatic carbocycles. The molecule has 0 amide bonds. The molecule has 1 atom stereocenters. The van der Waals surface area contributed by atoms with E-state index in [0.717, 1.165) is 23.4 Å². The lowest BCUT2D eigenvalue weighted by molar-refractivity contribution is 0.379. The minimum absolute atomic E-state index is 0.0979. The molecule has 3 N–H and O–H groups in total. The van der Waals surface area contributed by atoms with Crippen molar-refractivity contribution in [2.45, 2.75) is 26.3 Å². The number of nitrogens with zero attached hydrogens (tertiary/aromatic N) is 4. The summed E-state index contributed by atoms with van der Waals surface area (Å²) >= 11 is 0. The fourth-order valence-electron chi connectivity index (χ4n) is 2.43. The van der Waals surface area contributed by atoms with Gasteiger partial charge >= 0.3 is 0 Å². The molecular weight excluding hydrogens is 256 g/mol. The number of rotatable bonds is 2. The normalized spacial score (nSPS) is 17.6. The van der Waals surface area contributed by atoms with Gasteiger partial charge in [0, 0.05) is 29.6 Å². The van der Waals surface area contributed by atoms with Crippen molar-refractivity contribution in [3.8, 4) is 11.9 Å². The first-order valence-electron chi connectivity index (χ1n) is 6.30. The van der Waals surface area contributed by atoms with Crippen LogP contribution in [-0.4, -0.2) is 20.0 Å². The average Bonchev–Trinajstić information content (AvgIpc) is 3.05. The van der Waals surface area contributed by atoms with Crippen LogP contribution in [0.3, 0.4) is 0 Å². The Hall–Kier alpha value is -2.75. The number of hydrogen-bond donors (Lipinski definition) is 2. The van der Waals surface area contributed by atoms with Crippen molar-refractivity contribution in [3.63, 3.8) is 0 Å². The lowest BCUT2D eigenvalue weighted by Crippen LogP contribution is -2.20. The van der Waals surface area contributed by atoms with Gasteiger partial charge in [-0.15, -0.1) is 5.10 Å². The Kier molecular flexibility index (Phi) is 2.71. The van der Waals surface area contributed by atoms with E-state index in [2.05, 4.69) is 21.4 Å².